The molecule has 0 radical (unpaired) electrons. The third kappa shape index (κ3) is 3.64. The van der Waals surface area contributed by atoms with Crippen LogP contribution in [-0.4, -0.2) is 30.7 Å². The summed E-state index contributed by atoms with van der Waals surface area (Å²) in [6.07, 6.45) is 0. The molecule has 0 aliphatic heterocycles. The average Bonchev–Trinajstić information content (AvgIpc) is 3.22. The van der Waals surface area contributed by atoms with Gasteiger partial charge in [-0.15, -0.1) is 5.10 Å². The number of nitrogens with one attached hydrogen (secondary N) is 1. The van der Waals surface area contributed by atoms with Crippen LogP contribution in [0.25, 0.3) is 11.0 Å². The lowest BCUT2D eigenvalue weighted by Gasteiger charge is -2.08. The van der Waals surface area contributed by atoms with E-state index in [1.165, 1.54) is 5.56 Å². The maximum Gasteiger partial charge on any atom is 0.242 e. The first-order valence-electron chi connectivity index (χ1n) is 9.23. The molecule has 0 aliphatic rings. The Hall–Kier alpha value is -3.48. The summed E-state index contributed by atoms with van der Waals surface area (Å²) in [7, 11) is 0. The second-order valence-electron chi connectivity index (χ2n) is 6.81. The van der Waals surface area contributed by atoms with E-state index in [0.717, 1.165) is 28.0 Å². The van der Waals surface area contributed by atoms with E-state index >= 15 is 0 Å². The molecular weight excluding hydrogens is 352 g/mol. The molecule has 0 spiro atoms. The van der Waals surface area contributed by atoms with Gasteiger partial charge in [0.05, 0.1) is 17.8 Å². The number of fused-ring (bicyclic) bond motifs is 1. The molecule has 0 saturated carbocycles. The fraction of sp³-hybridized carbons (Fsp3) is 0.238. The molecule has 0 atom stereocenters. The summed E-state index contributed by atoms with van der Waals surface area (Å²) in [5.74, 6) is -0.106. The second kappa shape index (κ2) is 7.64. The number of amides is 1. The molecule has 2 heterocycles. The van der Waals surface area contributed by atoms with Crippen molar-refractivity contribution < 1.29 is 4.79 Å². The number of benzene rings is 2. The normalized spacial score (nSPS) is 11.1. The lowest BCUT2D eigenvalue weighted by molar-refractivity contribution is -0.121. The maximum atomic E-state index is 12.4. The zero-order valence-corrected chi connectivity index (χ0v) is 16.0. The van der Waals surface area contributed by atoms with Gasteiger partial charge in [-0.2, -0.15) is 5.10 Å². The highest BCUT2D eigenvalue weighted by atomic mass is 16.2. The third-order valence-electron chi connectivity index (χ3n) is 4.88. The van der Waals surface area contributed by atoms with Gasteiger partial charge in [0.1, 0.15) is 12.1 Å². The first-order valence-corrected chi connectivity index (χ1v) is 9.23. The molecule has 142 valence electrons. The molecule has 7 heteroatoms. The fourth-order valence-electron chi connectivity index (χ4n) is 3.31. The summed E-state index contributed by atoms with van der Waals surface area (Å²) < 4.78 is 3.60. The zero-order chi connectivity index (χ0) is 19.5. The predicted molar refractivity (Wildman–Crippen MR) is 107 cm³/mol. The van der Waals surface area contributed by atoms with Crippen molar-refractivity contribution in [1.82, 2.24) is 30.1 Å². The molecule has 0 bridgehead atoms. The van der Waals surface area contributed by atoms with Crippen LogP contribution in [0.1, 0.15) is 22.5 Å². The van der Waals surface area contributed by atoms with Crippen LogP contribution < -0.4 is 5.32 Å². The monoisotopic (exact) mass is 374 g/mol. The minimum Gasteiger partial charge on any atom is -0.350 e. The molecule has 1 amide bonds. The van der Waals surface area contributed by atoms with Crippen LogP contribution in [0.4, 0.5) is 0 Å². The van der Waals surface area contributed by atoms with Crippen LogP contribution >= 0.6 is 0 Å². The number of hydrogen-bond acceptors (Lipinski definition) is 4. The number of aryl methyl sites for hydroxylation is 1. The minimum atomic E-state index is -0.106. The van der Waals surface area contributed by atoms with Crippen molar-refractivity contribution in [3.63, 3.8) is 0 Å². The van der Waals surface area contributed by atoms with Gasteiger partial charge in [0.15, 0.2) is 0 Å². The van der Waals surface area contributed by atoms with Crippen molar-refractivity contribution in [3.05, 3.63) is 77.1 Å². The third-order valence-corrected chi connectivity index (χ3v) is 4.88. The van der Waals surface area contributed by atoms with Crippen LogP contribution in [0.15, 0.2) is 54.6 Å². The van der Waals surface area contributed by atoms with Gasteiger partial charge >= 0.3 is 0 Å². The van der Waals surface area contributed by atoms with E-state index in [1.807, 2.05) is 61.0 Å². The molecule has 0 aliphatic carbocycles. The van der Waals surface area contributed by atoms with E-state index in [2.05, 4.69) is 32.9 Å². The van der Waals surface area contributed by atoms with Crippen LogP contribution in [0, 0.1) is 13.8 Å². The molecule has 0 fully saturated rings. The largest absolute Gasteiger partial charge is 0.350 e. The number of carbonyl (C=O) groups excluding carboxylic acids is 1. The molecule has 4 rings (SSSR count). The van der Waals surface area contributed by atoms with Gasteiger partial charge in [-0.25, -0.2) is 4.68 Å². The number of para-hydroxylation sites is 1. The van der Waals surface area contributed by atoms with Gasteiger partial charge in [-0.3, -0.25) is 9.48 Å². The van der Waals surface area contributed by atoms with Crippen molar-refractivity contribution in [2.45, 2.75) is 33.5 Å². The lowest BCUT2D eigenvalue weighted by atomic mass is 10.2. The van der Waals surface area contributed by atoms with E-state index in [4.69, 9.17) is 0 Å². The van der Waals surface area contributed by atoms with Gasteiger partial charge in [-0.1, -0.05) is 47.7 Å². The predicted octanol–water partition coefficient (Wildman–Crippen LogP) is 2.61. The van der Waals surface area contributed by atoms with Crippen LogP contribution in [0.3, 0.4) is 0 Å². The smallest absolute Gasteiger partial charge is 0.242 e. The van der Waals surface area contributed by atoms with E-state index in [9.17, 15) is 4.79 Å². The number of carbonyl (C=O) groups is 1. The van der Waals surface area contributed by atoms with Crippen molar-refractivity contribution in [2.75, 3.05) is 0 Å². The molecule has 2 aromatic carbocycles. The maximum absolute atomic E-state index is 12.4. The van der Waals surface area contributed by atoms with Crippen LogP contribution in [-0.2, 0) is 24.4 Å². The molecule has 0 unspecified atom stereocenters. The van der Waals surface area contributed by atoms with Gasteiger partial charge in [0.25, 0.3) is 0 Å². The Bertz CT molecular complexity index is 1110. The first kappa shape index (κ1) is 17.9. The summed E-state index contributed by atoms with van der Waals surface area (Å²) in [6.45, 7) is 5.30. The SMILES string of the molecule is Cc1nn(Cc2ccccc2)c(C)c1CNC(=O)Cn1nnc2ccccc21. The zero-order valence-electron chi connectivity index (χ0n) is 16.0. The summed E-state index contributed by atoms with van der Waals surface area (Å²) in [4.78, 5) is 12.4. The lowest BCUT2D eigenvalue weighted by Crippen LogP contribution is -2.28. The first-order chi connectivity index (χ1) is 13.6. The van der Waals surface area contributed by atoms with Crippen molar-refractivity contribution >= 4 is 16.9 Å². The summed E-state index contributed by atoms with van der Waals surface area (Å²) in [5.41, 5.74) is 5.87. The van der Waals surface area contributed by atoms with Gasteiger partial charge in [0.2, 0.25) is 5.91 Å². The summed E-state index contributed by atoms with van der Waals surface area (Å²) >= 11 is 0. The Balaban J connectivity index is 1.42. The number of nitrogens with zero attached hydrogens (tertiary/aromatic N) is 5. The van der Waals surface area contributed by atoms with Gasteiger partial charge in [-0.05, 0) is 31.5 Å². The molecular formula is C21H22N6O. The van der Waals surface area contributed by atoms with Crippen molar-refractivity contribution in [1.29, 1.82) is 0 Å². The molecule has 28 heavy (non-hydrogen) atoms. The highest BCUT2D eigenvalue weighted by Crippen LogP contribution is 2.15. The quantitative estimate of drug-likeness (QED) is 0.563. The molecule has 4 aromatic rings. The van der Waals surface area contributed by atoms with E-state index in [0.29, 0.717) is 13.1 Å². The topological polar surface area (TPSA) is 77.6 Å². The van der Waals surface area contributed by atoms with E-state index in [1.54, 1.807) is 4.68 Å². The Morgan fingerprint density at radius 2 is 1.75 bits per heavy atom. The summed E-state index contributed by atoms with van der Waals surface area (Å²) in [5, 5.41) is 15.8. The number of rotatable bonds is 6. The number of aromatic nitrogens is 5. The Morgan fingerprint density at radius 3 is 2.57 bits per heavy atom. The van der Waals surface area contributed by atoms with E-state index < -0.39 is 0 Å². The highest BCUT2D eigenvalue weighted by molar-refractivity contribution is 5.79. The summed E-state index contributed by atoms with van der Waals surface area (Å²) in [6, 6.07) is 17.8. The molecule has 1 N–H and O–H groups in total. The standard InChI is InChI=1S/C21H22N6O/c1-15-18(16(2)26(24-15)13-17-8-4-3-5-9-17)12-22-21(28)14-27-20-11-7-6-10-19(20)23-25-27/h3-11H,12-14H2,1-2H3,(H,22,28). The van der Waals surface area contributed by atoms with Gasteiger partial charge in [0, 0.05) is 17.8 Å². The van der Waals surface area contributed by atoms with E-state index in [-0.39, 0.29) is 12.5 Å². The van der Waals surface area contributed by atoms with Crippen LogP contribution in [0.5, 0.6) is 0 Å². The van der Waals surface area contributed by atoms with Crippen LogP contribution in [0.2, 0.25) is 0 Å². The Kier molecular flexibility index (Phi) is 4.89. The van der Waals surface area contributed by atoms with Crippen molar-refractivity contribution in [2.24, 2.45) is 0 Å². The highest BCUT2D eigenvalue weighted by Gasteiger charge is 2.14. The van der Waals surface area contributed by atoms with Crippen molar-refractivity contribution in [3.8, 4) is 0 Å². The minimum absolute atomic E-state index is 0.106. The fourth-order valence-corrected chi connectivity index (χ4v) is 3.31. The average molecular weight is 374 g/mol. The Labute approximate surface area is 163 Å². The molecule has 0 saturated heterocycles. The molecule has 2 aromatic heterocycles. The second-order valence-corrected chi connectivity index (χ2v) is 6.81. The van der Waals surface area contributed by atoms with Gasteiger partial charge < -0.3 is 5.32 Å². The Morgan fingerprint density at radius 1 is 1.00 bits per heavy atom. The number of hydrogen-bond donors (Lipinski definition) is 1. The molecule has 7 nitrogen and oxygen atoms in total.